The van der Waals surface area contributed by atoms with E-state index in [-0.39, 0.29) is 0 Å². The van der Waals surface area contributed by atoms with Crippen LogP contribution >= 0.6 is 0 Å². The molecule has 1 aliphatic rings. The number of aromatic nitrogens is 1. The second-order valence-corrected chi connectivity index (χ2v) is 4.53. The number of rotatable bonds is 3. The molecule has 3 rings (SSSR count). The van der Waals surface area contributed by atoms with Crippen molar-refractivity contribution >= 4 is 11.4 Å². The minimum Gasteiger partial charge on any atom is -0.496 e. The summed E-state index contributed by atoms with van der Waals surface area (Å²) < 4.78 is 5.48. The molecule has 1 aromatic carbocycles. The fraction of sp³-hybridized carbons (Fsp3) is 0.267. The highest BCUT2D eigenvalue weighted by molar-refractivity contribution is 5.64. The van der Waals surface area contributed by atoms with E-state index in [1.54, 1.807) is 19.5 Å². The van der Waals surface area contributed by atoms with Crippen molar-refractivity contribution in [1.29, 1.82) is 0 Å². The first-order valence-electron chi connectivity index (χ1n) is 6.23. The van der Waals surface area contributed by atoms with Gasteiger partial charge in [-0.2, -0.15) is 0 Å². The molecule has 0 saturated carbocycles. The van der Waals surface area contributed by atoms with E-state index in [1.165, 1.54) is 17.5 Å². The van der Waals surface area contributed by atoms with Crippen LogP contribution in [-0.2, 0) is 12.8 Å². The Morgan fingerprint density at radius 3 is 2.72 bits per heavy atom. The quantitative estimate of drug-likeness (QED) is 0.893. The Morgan fingerprint density at radius 2 is 1.94 bits per heavy atom. The van der Waals surface area contributed by atoms with E-state index >= 15 is 0 Å². The van der Waals surface area contributed by atoms with Gasteiger partial charge in [0.2, 0.25) is 0 Å². The molecule has 3 heteroatoms. The number of hydrogen-bond acceptors (Lipinski definition) is 3. The summed E-state index contributed by atoms with van der Waals surface area (Å²) in [5.41, 5.74) is 4.91. The number of ether oxygens (including phenoxy) is 1. The first-order valence-corrected chi connectivity index (χ1v) is 6.23. The predicted octanol–water partition coefficient (Wildman–Crippen LogP) is 3.32. The Balaban J connectivity index is 1.94. The van der Waals surface area contributed by atoms with Crippen molar-refractivity contribution < 1.29 is 4.74 Å². The molecule has 0 bridgehead atoms. The lowest BCUT2D eigenvalue weighted by atomic mass is 10.1. The smallest absolute Gasteiger partial charge is 0.124 e. The fourth-order valence-corrected chi connectivity index (χ4v) is 2.52. The van der Waals surface area contributed by atoms with E-state index in [0.29, 0.717) is 0 Å². The number of nitrogens with zero attached hydrogens (tertiary/aromatic N) is 1. The van der Waals surface area contributed by atoms with Gasteiger partial charge in [-0.3, -0.25) is 4.98 Å². The zero-order valence-electron chi connectivity index (χ0n) is 10.4. The summed E-state index contributed by atoms with van der Waals surface area (Å²) >= 11 is 0. The first-order chi connectivity index (χ1) is 8.86. The summed E-state index contributed by atoms with van der Waals surface area (Å²) in [6, 6.07) is 8.22. The van der Waals surface area contributed by atoms with Crippen molar-refractivity contribution in [2.24, 2.45) is 0 Å². The average molecular weight is 240 g/mol. The lowest BCUT2D eigenvalue weighted by Crippen LogP contribution is -1.96. The van der Waals surface area contributed by atoms with Gasteiger partial charge in [0.15, 0.2) is 0 Å². The molecule has 3 nitrogen and oxygen atoms in total. The average Bonchev–Trinajstić information content (AvgIpc) is 2.87. The van der Waals surface area contributed by atoms with Gasteiger partial charge in [-0.25, -0.2) is 0 Å². The molecule has 1 aromatic heterocycles. The summed E-state index contributed by atoms with van der Waals surface area (Å²) in [4.78, 5) is 4.01. The van der Waals surface area contributed by atoms with Gasteiger partial charge in [-0.15, -0.1) is 0 Å². The molecule has 0 radical (unpaired) electrons. The van der Waals surface area contributed by atoms with E-state index in [4.69, 9.17) is 4.74 Å². The van der Waals surface area contributed by atoms with Crippen LogP contribution in [0.3, 0.4) is 0 Å². The van der Waals surface area contributed by atoms with Crippen LogP contribution in [0.15, 0.2) is 36.7 Å². The van der Waals surface area contributed by atoms with Gasteiger partial charge in [0.25, 0.3) is 0 Å². The monoisotopic (exact) mass is 240 g/mol. The third-order valence-corrected chi connectivity index (χ3v) is 3.36. The van der Waals surface area contributed by atoms with Gasteiger partial charge in [-0.1, -0.05) is 0 Å². The van der Waals surface area contributed by atoms with Gasteiger partial charge >= 0.3 is 0 Å². The van der Waals surface area contributed by atoms with E-state index < -0.39 is 0 Å². The Hall–Kier alpha value is -2.03. The van der Waals surface area contributed by atoms with Crippen molar-refractivity contribution in [2.45, 2.75) is 19.3 Å². The second kappa shape index (κ2) is 4.69. The highest BCUT2D eigenvalue weighted by Gasteiger charge is 2.16. The molecule has 18 heavy (non-hydrogen) atoms. The zero-order chi connectivity index (χ0) is 12.4. The molecule has 1 aliphatic carbocycles. The number of pyridine rings is 1. The van der Waals surface area contributed by atoms with Crippen molar-refractivity contribution in [3.05, 3.63) is 47.8 Å². The van der Waals surface area contributed by atoms with Crippen LogP contribution in [-0.4, -0.2) is 12.1 Å². The number of fused-ring (bicyclic) bond motifs is 1. The van der Waals surface area contributed by atoms with Gasteiger partial charge in [-0.05, 0) is 48.6 Å². The molecule has 0 saturated heterocycles. The molecule has 1 N–H and O–H groups in total. The lowest BCUT2D eigenvalue weighted by molar-refractivity contribution is 0.410. The predicted molar refractivity (Wildman–Crippen MR) is 72.5 cm³/mol. The lowest BCUT2D eigenvalue weighted by Gasteiger charge is -2.12. The minimum absolute atomic E-state index is 1.00. The molecule has 2 aromatic rings. The van der Waals surface area contributed by atoms with E-state index in [0.717, 1.165) is 30.0 Å². The molecule has 0 atom stereocenters. The number of nitrogens with one attached hydrogen (secondary N) is 1. The summed E-state index contributed by atoms with van der Waals surface area (Å²) in [6.45, 7) is 0. The Bertz CT molecular complexity index is 552. The number of aryl methyl sites for hydroxylation is 1. The number of anilines is 2. The number of hydrogen-bond donors (Lipinski definition) is 1. The van der Waals surface area contributed by atoms with Crippen molar-refractivity contribution in [3.8, 4) is 5.75 Å². The van der Waals surface area contributed by atoms with Crippen LogP contribution in [0.4, 0.5) is 11.4 Å². The first kappa shape index (κ1) is 11.1. The van der Waals surface area contributed by atoms with Crippen LogP contribution in [0.1, 0.15) is 17.5 Å². The van der Waals surface area contributed by atoms with Crippen LogP contribution in [0.5, 0.6) is 5.75 Å². The SMILES string of the molecule is COc1cc(Nc2ccncc2)cc2c1CCC2. The van der Waals surface area contributed by atoms with Crippen molar-refractivity contribution in [1.82, 2.24) is 4.98 Å². The summed E-state index contributed by atoms with van der Waals surface area (Å²) in [7, 11) is 1.74. The van der Waals surface area contributed by atoms with Crippen LogP contribution in [0, 0.1) is 0 Å². The summed E-state index contributed by atoms with van der Waals surface area (Å²) in [5, 5.41) is 3.39. The van der Waals surface area contributed by atoms with Crippen molar-refractivity contribution in [3.63, 3.8) is 0 Å². The molecular formula is C15H16N2O. The maximum Gasteiger partial charge on any atom is 0.124 e. The maximum absolute atomic E-state index is 5.48. The minimum atomic E-state index is 1.00. The van der Waals surface area contributed by atoms with E-state index in [2.05, 4.69) is 22.4 Å². The Labute approximate surface area is 107 Å². The van der Waals surface area contributed by atoms with Crippen LogP contribution in [0.25, 0.3) is 0 Å². The second-order valence-electron chi connectivity index (χ2n) is 4.53. The molecule has 0 unspecified atom stereocenters. The molecule has 0 fully saturated rings. The highest BCUT2D eigenvalue weighted by Crippen LogP contribution is 2.34. The third-order valence-electron chi connectivity index (χ3n) is 3.36. The van der Waals surface area contributed by atoms with Gasteiger partial charge < -0.3 is 10.1 Å². The molecule has 0 amide bonds. The fourth-order valence-electron chi connectivity index (χ4n) is 2.52. The zero-order valence-corrected chi connectivity index (χ0v) is 10.4. The normalized spacial score (nSPS) is 13.2. The highest BCUT2D eigenvalue weighted by atomic mass is 16.5. The molecule has 92 valence electrons. The van der Waals surface area contributed by atoms with Gasteiger partial charge in [0.1, 0.15) is 5.75 Å². The van der Waals surface area contributed by atoms with Crippen LogP contribution in [0.2, 0.25) is 0 Å². The van der Waals surface area contributed by atoms with E-state index in [1.807, 2.05) is 12.1 Å². The van der Waals surface area contributed by atoms with Crippen molar-refractivity contribution in [2.75, 3.05) is 12.4 Å². The Kier molecular flexibility index (Phi) is 2.89. The Morgan fingerprint density at radius 1 is 1.11 bits per heavy atom. The third kappa shape index (κ3) is 2.04. The summed E-state index contributed by atoms with van der Waals surface area (Å²) in [6.07, 6.45) is 7.08. The van der Waals surface area contributed by atoms with Gasteiger partial charge in [0.05, 0.1) is 7.11 Å². The molecule has 0 spiro atoms. The van der Waals surface area contributed by atoms with Gasteiger partial charge in [0, 0.05) is 29.8 Å². The topological polar surface area (TPSA) is 34.1 Å². The summed E-state index contributed by atoms with van der Waals surface area (Å²) in [5.74, 6) is 1.00. The molecule has 0 aliphatic heterocycles. The largest absolute Gasteiger partial charge is 0.496 e. The number of benzene rings is 1. The number of methoxy groups -OCH3 is 1. The molecular weight excluding hydrogens is 224 g/mol. The molecule has 1 heterocycles. The standard InChI is InChI=1S/C15H16N2O/c1-18-15-10-13(9-11-3-2-4-14(11)15)17-12-5-7-16-8-6-12/h5-10H,2-4H2,1H3,(H,16,17). The van der Waals surface area contributed by atoms with Crippen LogP contribution < -0.4 is 10.1 Å². The maximum atomic E-state index is 5.48. The van der Waals surface area contributed by atoms with E-state index in [9.17, 15) is 0 Å².